The van der Waals surface area contributed by atoms with Crippen molar-refractivity contribution in [1.82, 2.24) is 15.2 Å². The fourth-order valence-electron chi connectivity index (χ4n) is 2.34. The Kier molecular flexibility index (Phi) is 6.07. The van der Waals surface area contributed by atoms with E-state index in [1.165, 1.54) is 44.6 Å². The summed E-state index contributed by atoms with van der Waals surface area (Å²) >= 11 is 1.75. The third kappa shape index (κ3) is 4.75. The van der Waals surface area contributed by atoms with Gasteiger partial charge in [-0.25, -0.2) is 4.98 Å². The van der Waals surface area contributed by atoms with Crippen LogP contribution in [0, 0.1) is 0 Å². The fourth-order valence-corrected chi connectivity index (χ4v) is 3.16. The molecule has 1 saturated heterocycles. The second-order valence-electron chi connectivity index (χ2n) is 5.27. The second-order valence-corrected chi connectivity index (χ2v) is 6.11. The molecule has 1 fully saturated rings. The number of thiazole rings is 1. The van der Waals surface area contributed by atoms with Crippen molar-refractivity contribution in [3.8, 4) is 0 Å². The maximum atomic E-state index is 4.69. The van der Waals surface area contributed by atoms with E-state index in [0.717, 1.165) is 24.8 Å². The van der Waals surface area contributed by atoms with Gasteiger partial charge in [0.2, 0.25) is 0 Å². The number of hydrogen-bond donors (Lipinski definition) is 1. The summed E-state index contributed by atoms with van der Waals surface area (Å²) in [5.41, 5.74) is 1.17. The maximum absolute atomic E-state index is 4.69. The molecule has 4 nitrogen and oxygen atoms in total. The number of likely N-dealkylation sites (tertiary alicyclic amines) is 1. The molecule has 1 aliphatic rings. The Morgan fingerprint density at radius 1 is 1.42 bits per heavy atom. The van der Waals surface area contributed by atoms with Gasteiger partial charge in [0.1, 0.15) is 0 Å². The zero-order valence-corrected chi connectivity index (χ0v) is 13.0. The Morgan fingerprint density at radius 2 is 2.21 bits per heavy atom. The molecule has 2 heterocycles. The van der Waals surface area contributed by atoms with Crippen LogP contribution in [0.1, 0.15) is 31.9 Å². The average molecular weight is 282 g/mol. The van der Waals surface area contributed by atoms with Crippen LogP contribution in [0.15, 0.2) is 5.38 Å². The van der Waals surface area contributed by atoms with Crippen LogP contribution >= 0.6 is 11.3 Å². The van der Waals surface area contributed by atoms with Crippen molar-refractivity contribution in [2.45, 2.75) is 32.7 Å². The monoisotopic (exact) mass is 282 g/mol. The minimum atomic E-state index is 0.893. The summed E-state index contributed by atoms with van der Waals surface area (Å²) in [6, 6.07) is 0. The van der Waals surface area contributed by atoms with Crippen molar-refractivity contribution < 1.29 is 0 Å². The molecule has 1 N–H and O–H groups in total. The Hall–Kier alpha value is -0.650. The summed E-state index contributed by atoms with van der Waals surface area (Å²) in [7, 11) is 2.15. The van der Waals surface area contributed by atoms with Crippen molar-refractivity contribution in [3.05, 3.63) is 11.1 Å². The molecular weight excluding hydrogens is 256 g/mol. The van der Waals surface area contributed by atoms with Crippen LogP contribution in [0.3, 0.4) is 0 Å². The van der Waals surface area contributed by atoms with E-state index in [-0.39, 0.29) is 0 Å². The number of rotatable bonds is 8. The molecule has 1 aromatic rings. The average Bonchev–Trinajstić information content (AvgIpc) is 3.07. The van der Waals surface area contributed by atoms with Crippen LogP contribution in [-0.2, 0) is 6.54 Å². The highest BCUT2D eigenvalue weighted by Crippen LogP contribution is 2.19. The summed E-state index contributed by atoms with van der Waals surface area (Å²) in [5, 5.41) is 6.71. The van der Waals surface area contributed by atoms with E-state index in [9.17, 15) is 0 Å². The highest BCUT2D eigenvalue weighted by Gasteiger charge is 2.13. The highest BCUT2D eigenvalue weighted by atomic mass is 32.1. The third-order valence-corrected chi connectivity index (χ3v) is 4.55. The maximum Gasteiger partial charge on any atom is 0.185 e. The van der Waals surface area contributed by atoms with Crippen molar-refractivity contribution in [1.29, 1.82) is 0 Å². The second kappa shape index (κ2) is 7.82. The Balaban J connectivity index is 1.73. The van der Waals surface area contributed by atoms with E-state index >= 15 is 0 Å². The number of hydrogen-bond acceptors (Lipinski definition) is 5. The molecule has 0 amide bonds. The van der Waals surface area contributed by atoms with E-state index in [0.29, 0.717) is 0 Å². The molecule has 1 aliphatic heterocycles. The normalized spacial score (nSPS) is 16.1. The number of aromatic nitrogens is 1. The van der Waals surface area contributed by atoms with Crippen molar-refractivity contribution in [2.24, 2.45) is 0 Å². The van der Waals surface area contributed by atoms with E-state index < -0.39 is 0 Å². The lowest BCUT2D eigenvalue weighted by Gasteiger charge is -2.20. The lowest BCUT2D eigenvalue weighted by molar-refractivity contribution is 0.346. The lowest BCUT2D eigenvalue weighted by Crippen LogP contribution is -2.31. The lowest BCUT2D eigenvalue weighted by atomic mass is 10.4. The van der Waals surface area contributed by atoms with E-state index in [1.54, 1.807) is 11.3 Å². The van der Waals surface area contributed by atoms with E-state index in [4.69, 9.17) is 4.98 Å². The molecule has 0 atom stereocenters. The van der Waals surface area contributed by atoms with Crippen molar-refractivity contribution >= 4 is 16.5 Å². The van der Waals surface area contributed by atoms with E-state index in [1.807, 2.05) is 0 Å². The number of nitrogens with one attached hydrogen (secondary N) is 1. The molecule has 108 valence electrons. The van der Waals surface area contributed by atoms with Gasteiger partial charge in [-0.2, -0.15) is 0 Å². The molecular formula is C14H26N4S. The molecule has 5 heteroatoms. The molecule has 0 spiro atoms. The van der Waals surface area contributed by atoms with Crippen LogP contribution in [0.25, 0.3) is 0 Å². The summed E-state index contributed by atoms with van der Waals surface area (Å²) in [6.45, 7) is 8.94. The minimum absolute atomic E-state index is 0.893. The molecule has 0 saturated carbocycles. The largest absolute Gasteiger partial charge is 0.350 e. The standard InChI is InChI=1S/C14H26N4S/c1-3-6-15-11-13-12-19-14(16-13)17(2)9-10-18-7-4-5-8-18/h12,15H,3-11H2,1-2H3. The molecule has 0 radical (unpaired) electrons. The Labute approximate surface area is 120 Å². The van der Waals surface area contributed by atoms with Gasteiger partial charge in [-0.1, -0.05) is 6.92 Å². The van der Waals surface area contributed by atoms with Gasteiger partial charge in [0.15, 0.2) is 5.13 Å². The number of nitrogens with zero attached hydrogens (tertiary/aromatic N) is 3. The van der Waals surface area contributed by atoms with Crippen LogP contribution in [-0.4, -0.2) is 49.7 Å². The van der Waals surface area contributed by atoms with Crippen molar-refractivity contribution in [3.63, 3.8) is 0 Å². The van der Waals surface area contributed by atoms with Crippen molar-refractivity contribution in [2.75, 3.05) is 44.7 Å². The zero-order chi connectivity index (χ0) is 13.5. The van der Waals surface area contributed by atoms with Gasteiger partial charge >= 0.3 is 0 Å². The smallest absolute Gasteiger partial charge is 0.185 e. The van der Waals surface area contributed by atoms with Gasteiger partial charge in [0, 0.05) is 32.1 Å². The topological polar surface area (TPSA) is 31.4 Å². The Morgan fingerprint density at radius 3 is 2.95 bits per heavy atom. The first-order valence-electron chi connectivity index (χ1n) is 7.38. The van der Waals surface area contributed by atoms with Crippen LogP contribution in [0.5, 0.6) is 0 Å². The highest BCUT2D eigenvalue weighted by molar-refractivity contribution is 7.13. The number of likely N-dealkylation sites (N-methyl/N-ethyl adjacent to an activating group) is 1. The minimum Gasteiger partial charge on any atom is -0.350 e. The first-order valence-corrected chi connectivity index (χ1v) is 8.26. The van der Waals surface area contributed by atoms with Crippen LogP contribution in [0.4, 0.5) is 5.13 Å². The quantitative estimate of drug-likeness (QED) is 0.741. The molecule has 19 heavy (non-hydrogen) atoms. The summed E-state index contributed by atoms with van der Waals surface area (Å²) in [6.07, 6.45) is 3.91. The fraction of sp³-hybridized carbons (Fsp3) is 0.786. The first-order chi connectivity index (χ1) is 9.29. The molecule has 0 aromatic carbocycles. The number of anilines is 1. The molecule has 0 aliphatic carbocycles. The first kappa shape index (κ1) is 14.8. The van der Waals surface area contributed by atoms with Gasteiger partial charge in [-0.15, -0.1) is 11.3 Å². The molecule has 0 bridgehead atoms. The molecule has 2 rings (SSSR count). The van der Waals surface area contributed by atoms with Gasteiger partial charge in [0.05, 0.1) is 5.69 Å². The van der Waals surface area contributed by atoms with E-state index in [2.05, 4.69) is 34.5 Å². The predicted octanol–water partition coefficient (Wildman–Crippen LogP) is 2.17. The van der Waals surface area contributed by atoms with Crippen LogP contribution in [0.2, 0.25) is 0 Å². The Bertz CT molecular complexity index is 360. The van der Waals surface area contributed by atoms with Crippen LogP contribution < -0.4 is 10.2 Å². The van der Waals surface area contributed by atoms with Gasteiger partial charge in [-0.05, 0) is 38.9 Å². The summed E-state index contributed by atoms with van der Waals surface area (Å²) in [5.74, 6) is 0. The van der Waals surface area contributed by atoms with Gasteiger partial charge < -0.3 is 15.1 Å². The molecule has 0 unspecified atom stereocenters. The summed E-state index contributed by atoms with van der Waals surface area (Å²) < 4.78 is 0. The predicted molar refractivity (Wildman–Crippen MR) is 83.1 cm³/mol. The third-order valence-electron chi connectivity index (χ3n) is 3.55. The molecule has 1 aromatic heterocycles. The van der Waals surface area contributed by atoms with Gasteiger partial charge in [0.25, 0.3) is 0 Å². The summed E-state index contributed by atoms with van der Waals surface area (Å²) in [4.78, 5) is 9.52. The SMILES string of the molecule is CCCNCc1csc(N(C)CCN2CCCC2)n1. The van der Waals surface area contributed by atoms with Gasteiger partial charge in [-0.3, -0.25) is 0 Å². The zero-order valence-electron chi connectivity index (χ0n) is 12.2.